The van der Waals surface area contributed by atoms with E-state index in [0.29, 0.717) is 21.6 Å². The molecule has 0 spiro atoms. The maximum atomic E-state index is 13.2. The summed E-state index contributed by atoms with van der Waals surface area (Å²) < 4.78 is 13.2. The zero-order valence-corrected chi connectivity index (χ0v) is 12.4. The smallest absolute Gasteiger partial charge is 0.176 e. The summed E-state index contributed by atoms with van der Waals surface area (Å²) in [6, 6.07) is 4.64. The number of carbonyl (C=O) groups excluding carboxylic acids is 1. The molecule has 1 fully saturated rings. The minimum absolute atomic E-state index is 0.00561. The van der Waals surface area contributed by atoms with Crippen molar-refractivity contribution in [2.75, 3.05) is 5.75 Å². The van der Waals surface area contributed by atoms with E-state index in [1.54, 1.807) is 30.8 Å². The zero-order chi connectivity index (χ0) is 13.3. The summed E-state index contributed by atoms with van der Waals surface area (Å²) >= 11 is 3.59. The Bertz CT molecular complexity index is 461. The van der Waals surface area contributed by atoms with Crippen LogP contribution in [0.1, 0.15) is 29.8 Å². The highest BCUT2D eigenvalue weighted by molar-refractivity contribution is 8.08. The molecule has 0 aromatic heterocycles. The summed E-state index contributed by atoms with van der Waals surface area (Å²) in [6.45, 7) is 6.06. The highest BCUT2D eigenvalue weighted by atomic mass is 32.2. The van der Waals surface area contributed by atoms with Crippen molar-refractivity contribution in [2.24, 2.45) is 0 Å². The summed E-state index contributed by atoms with van der Waals surface area (Å²) in [4.78, 5) is 12.4. The van der Waals surface area contributed by atoms with E-state index in [1.807, 2.05) is 11.8 Å². The molecular weight excluding hydrogens is 267 g/mol. The Hall–Kier alpha value is -0.480. The molecule has 1 aromatic carbocycles. The van der Waals surface area contributed by atoms with Gasteiger partial charge in [-0.1, -0.05) is 13.8 Å². The van der Waals surface area contributed by atoms with Gasteiger partial charge in [0.05, 0.1) is 5.25 Å². The van der Waals surface area contributed by atoms with Crippen LogP contribution in [0.3, 0.4) is 0 Å². The number of thioether (sulfide) groups is 2. The van der Waals surface area contributed by atoms with Crippen LogP contribution in [0.25, 0.3) is 0 Å². The monoisotopic (exact) mass is 284 g/mol. The maximum absolute atomic E-state index is 13.2. The Balaban J connectivity index is 2.14. The summed E-state index contributed by atoms with van der Waals surface area (Å²) in [5.74, 6) is 0.736. The molecule has 1 aliphatic rings. The Morgan fingerprint density at radius 3 is 2.67 bits per heavy atom. The van der Waals surface area contributed by atoms with E-state index in [-0.39, 0.29) is 16.9 Å². The molecule has 0 saturated carbocycles. The Kier molecular flexibility index (Phi) is 4.38. The lowest BCUT2D eigenvalue weighted by molar-refractivity contribution is 0.0994. The van der Waals surface area contributed by atoms with Crippen molar-refractivity contribution in [3.8, 4) is 0 Å². The van der Waals surface area contributed by atoms with Gasteiger partial charge in [0.25, 0.3) is 0 Å². The van der Waals surface area contributed by atoms with E-state index in [0.717, 1.165) is 5.75 Å². The molecule has 2 rings (SSSR count). The van der Waals surface area contributed by atoms with Gasteiger partial charge in [-0.3, -0.25) is 4.79 Å². The third-order valence-corrected chi connectivity index (χ3v) is 6.68. The summed E-state index contributed by atoms with van der Waals surface area (Å²) in [7, 11) is 0. The van der Waals surface area contributed by atoms with Crippen LogP contribution in [-0.2, 0) is 0 Å². The predicted octanol–water partition coefficient (Wildman–Crippen LogP) is 3.94. The summed E-state index contributed by atoms with van der Waals surface area (Å²) in [5.41, 5.74) is 1.17. The zero-order valence-electron chi connectivity index (χ0n) is 10.8. The van der Waals surface area contributed by atoms with E-state index < -0.39 is 0 Å². The molecule has 1 aromatic rings. The molecule has 4 heteroatoms. The topological polar surface area (TPSA) is 17.1 Å². The van der Waals surface area contributed by atoms with E-state index in [9.17, 15) is 9.18 Å². The quantitative estimate of drug-likeness (QED) is 0.766. The van der Waals surface area contributed by atoms with E-state index in [2.05, 4.69) is 13.8 Å². The van der Waals surface area contributed by atoms with Crippen LogP contribution in [-0.4, -0.2) is 27.3 Å². The summed E-state index contributed by atoms with van der Waals surface area (Å²) in [5, 5.41) is 1.08. The molecule has 1 saturated heterocycles. The number of hydrogen-bond acceptors (Lipinski definition) is 3. The molecule has 3 unspecified atom stereocenters. The number of benzene rings is 1. The van der Waals surface area contributed by atoms with Gasteiger partial charge in [0.1, 0.15) is 5.82 Å². The van der Waals surface area contributed by atoms with Gasteiger partial charge in [0.2, 0.25) is 0 Å². The maximum Gasteiger partial charge on any atom is 0.176 e. The number of Topliss-reactive ketones (excluding diaryl/α,β-unsaturated/α-hetero) is 1. The fraction of sp³-hybridized carbons (Fsp3) is 0.500. The normalized spacial score (nSPS) is 28.1. The van der Waals surface area contributed by atoms with Gasteiger partial charge < -0.3 is 0 Å². The Morgan fingerprint density at radius 2 is 2.06 bits per heavy atom. The van der Waals surface area contributed by atoms with Crippen molar-refractivity contribution in [2.45, 2.75) is 36.5 Å². The third-order valence-electron chi connectivity index (χ3n) is 3.29. The van der Waals surface area contributed by atoms with Gasteiger partial charge in [0.15, 0.2) is 5.78 Å². The lowest BCUT2D eigenvalue weighted by Gasteiger charge is -2.30. The van der Waals surface area contributed by atoms with E-state index in [1.165, 1.54) is 6.07 Å². The van der Waals surface area contributed by atoms with Gasteiger partial charge in [-0.15, -0.1) is 11.8 Å². The van der Waals surface area contributed by atoms with Crippen LogP contribution >= 0.6 is 23.5 Å². The number of hydrogen-bond donors (Lipinski definition) is 0. The van der Waals surface area contributed by atoms with Gasteiger partial charge in [-0.25, -0.2) is 4.39 Å². The lowest BCUT2D eigenvalue weighted by Crippen LogP contribution is -2.31. The first-order chi connectivity index (χ1) is 8.49. The van der Waals surface area contributed by atoms with Crippen molar-refractivity contribution in [3.63, 3.8) is 0 Å². The Morgan fingerprint density at radius 1 is 1.33 bits per heavy atom. The third kappa shape index (κ3) is 2.91. The minimum Gasteiger partial charge on any atom is -0.293 e. The van der Waals surface area contributed by atoms with Crippen molar-refractivity contribution in [1.82, 2.24) is 0 Å². The first-order valence-electron chi connectivity index (χ1n) is 6.06. The number of ketones is 1. The molecule has 98 valence electrons. The fourth-order valence-electron chi connectivity index (χ4n) is 1.91. The van der Waals surface area contributed by atoms with Gasteiger partial charge in [0, 0.05) is 21.8 Å². The van der Waals surface area contributed by atoms with Crippen LogP contribution in [0.4, 0.5) is 4.39 Å². The highest BCUT2D eigenvalue weighted by Crippen LogP contribution is 2.37. The van der Waals surface area contributed by atoms with Crippen molar-refractivity contribution in [3.05, 3.63) is 35.1 Å². The second-order valence-electron chi connectivity index (χ2n) is 4.70. The van der Waals surface area contributed by atoms with Crippen LogP contribution < -0.4 is 0 Å². The second-order valence-corrected chi connectivity index (χ2v) is 7.69. The molecule has 0 aliphatic carbocycles. The van der Waals surface area contributed by atoms with Crippen LogP contribution in [0, 0.1) is 12.7 Å². The average Bonchev–Trinajstić information content (AvgIpc) is 2.35. The van der Waals surface area contributed by atoms with Crippen LogP contribution in [0.5, 0.6) is 0 Å². The van der Waals surface area contributed by atoms with Crippen molar-refractivity contribution < 1.29 is 9.18 Å². The first kappa shape index (κ1) is 13.9. The Labute approximate surface area is 116 Å². The standard InChI is InChI=1S/C14H17FOS2/c1-8-6-11(4-5-12(8)15)14(16)13-7-17-9(2)10(3)18-13/h4-6,9-10,13H,7H2,1-3H3. The molecular formula is C14H17FOS2. The van der Waals surface area contributed by atoms with Gasteiger partial charge in [-0.05, 0) is 30.7 Å². The van der Waals surface area contributed by atoms with Crippen LogP contribution in [0.2, 0.25) is 0 Å². The van der Waals surface area contributed by atoms with E-state index in [4.69, 9.17) is 0 Å². The van der Waals surface area contributed by atoms with Crippen LogP contribution in [0.15, 0.2) is 18.2 Å². The highest BCUT2D eigenvalue weighted by Gasteiger charge is 2.30. The minimum atomic E-state index is -0.251. The molecule has 0 radical (unpaired) electrons. The number of halogens is 1. The lowest BCUT2D eigenvalue weighted by atomic mass is 10.1. The number of rotatable bonds is 2. The fourth-order valence-corrected chi connectivity index (χ4v) is 4.78. The largest absolute Gasteiger partial charge is 0.293 e. The number of aryl methyl sites for hydroxylation is 1. The molecule has 3 atom stereocenters. The van der Waals surface area contributed by atoms with Gasteiger partial charge in [-0.2, -0.15) is 11.8 Å². The molecule has 0 N–H and O–H groups in total. The van der Waals surface area contributed by atoms with Crippen molar-refractivity contribution in [1.29, 1.82) is 0 Å². The SMILES string of the molecule is Cc1cc(C(=O)C2CSC(C)C(C)S2)ccc1F. The molecule has 1 aliphatic heterocycles. The summed E-state index contributed by atoms with van der Waals surface area (Å²) in [6.07, 6.45) is 0. The average molecular weight is 284 g/mol. The second kappa shape index (κ2) is 5.66. The molecule has 1 heterocycles. The molecule has 18 heavy (non-hydrogen) atoms. The number of carbonyl (C=O) groups is 1. The molecule has 0 bridgehead atoms. The first-order valence-corrected chi connectivity index (χ1v) is 8.05. The molecule has 1 nitrogen and oxygen atoms in total. The predicted molar refractivity (Wildman–Crippen MR) is 78.2 cm³/mol. The van der Waals surface area contributed by atoms with Crippen molar-refractivity contribution >= 4 is 29.3 Å². The van der Waals surface area contributed by atoms with Gasteiger partial charge >= 0.3 is 0 Å². The molecule has 0 amide bonds. The van der Waals surface area contributed by atoms with E-state index >= 15 is 0 Å².